The first-order chi connectivity index (χ1) is 10.3. The quantitative estimate of drug-likeness (QED) is 0.770. The third kappa shape index (κ3) is 2.77. The molecule has 21 heavy (non-hydrogen) atoms. The van der Waals surface area contributed by atoms with Crippen LogP contribution in [0.5, 0.6) is 5.75 Å². The normalized spacial score (nSPS) is 11.0. The summed E-state index contributed by atoms with van der Waals surface area (Å²) < 4.78 is 5.55. The molecule has 1 N–H and O–H groups in total. The number of nitrogens with one attached hydrogen (secondary N) is 1. The third-order valence-electron chi connectivity index (χ3n) is 3.43. The van der Waals surface area contributed by atoms with E-state index in [1.165, 1.54) is 15.6 Å². The molecule has 3 rings (SSSR count). The van der Waals surface area contributed by atoms with Gasteiger partial charge in [-0.15, -0.1) is 11.3 Å². The number of hydrogen-bond acceptors (Lipinski definition) is 4. The minimum Gasteiger partial charge on any atom is -0.496 e. The van der Waals surface area contributed by atoms with Crippen LogP contribution in [0.2, 0.25) is 0 Å². The fourth-order valence-corrected chi connectivity index (χ4v) is 3.34. The van der Waals surface area contributed by atoms with E-state index in [1.54, 1.807) is 18.4 Å². The van der Waals surface area contributed by atoms with E-state index in [-0.39, 0.29) is 0 Å². The average Bonchev–Trinajstić information content (AvgIpc) is 3.00. The summed E-state index contributed by atoms with van der Waals surface area (Å²) in [5, 5.41) is 6.73. The van der Waals surface area contributed by atoms with Crippen molar-refractivity contribution in [3.05, 3.63) is 47.5 Å². The van der Waals surface area contributed by atoms with E-state index in [1.807, 2.05) is 12.3 Å². The minimum atomic E-state index is 0.862. The van der Waals surface area contributed by atoms with Crippen LogP contribution in [0.4, 0.5) is 0 Å². The summed E-state index contributed by atoms with van der Waals surface area (Å²) >= 11 is 1.72. The molecule has 0 aliphatic carbocycles. The second-order valence-electron chi connectivity index (χ2n) is 4.78. The number of nitrogens with zero attached hydrogens (tertiary/aromatic N) is 1. The van der Waals surface area contributed by atoms with Crippen molar-refractivity contribution < 1.29 is 4.74 Å². The zero-order valence-corrected chi connectivity index (χ0v) is 13.0. The Bertz CT molecular complexity index is 751. The molecule has 0 radical (unpaired) electrons. The molecule has 0 saturated heterocycles. The molecule has 0 spiro atoms. The third-order valence-corrected chi connectivity index (χ3v) is 4.44. The molecule has 1 heterocycles. The average molecular weight is 298 g/mol. The van der Waals surface area contributed by atoms with Crippen molar-refractivity contribution in [3.8, 4) is 16.3 Å². The van der Waals surface area contributed by atoms with Gasteiger partial charge in [0.2, 0.25) is 0 Å². The fourth-order valence-electron chi connectivity index (χ4n) is 2.40. The Morgan fingerprint density at radius 2 is 2.05 bits per heavy atom. The predicted molar refractivity (Wildman–Crippen MR) is 89.0 cm³/mol. The second kappa shape index (κ2) is 6.24. The van der Waals surface area contributed by atoms with E-state index in [9.17, 15) is 0 Å². The Morgan fingerprint density at radius 1 is 1.19 bits per heavy atom. The van der Waals surface area contributed by atoms with Gasteiger partial charge in [-0.05, 0) is 23.4 Å². The van der Waals surface area contributed by atoms with Crippen LogP contribution in [0.25, 0.3) is 21.3 Å². The smallest absolute Gasteiger partial charge is 0.129 e. The summed E-state index contributed by atoms with van der Waals surface area (Å²) in [7, 11) is 1.71. The molecule has 0 aliphatic rings. The van der Waals surface area contributed by atoms with Gasteiger partial charge >= 0.3 is 0 Å². The van der Waals surface area contributed by atoms with Crippen LogP contribution < -0.4 is 10.1 Å². The highest BCUT2D eigenvalue weighted by Crippen LogP contribution is 2.38. The SMILES string of the molecule is CCNCc1cnc(-c2c(OC)ccc3ccccc23)s1. The summed E-state index contributed by atoms with van der Waals surface area (Å²) in [5.74, 6) is 0.873. The number of rotatable bonds is 5. The lowest BCUT2D eigenvalue weighted by Crippen LogP contribution is -2.10. The van der Waals surface area contributed by atoms with Gasteiger partial charge in [-0.1, -0.05) is 37.3 Å². The number of methoxy groups -OCH3 is 1. The van der Waals surface area contributed by atoms with Gasteiger partial charge in [0.15, 0.2) is 0 Å². The highest BCUT2D eigenvalue weighted by atomic mass is 32.1. The van der Waals surface area contributed by atoms with Gasteiger partial charge in [-0.25, -0.2) is 4.98 Å². The lowest BCUT2D eigenvalue weighted by atomic mass is 10.0. The maximum Gasteiger partial charge on any atom is 0.129 e. The first kappa shape index (κ1) is 14.0. The van der Waals surface area contributed by atoms with E-state index in [2.05, 4.69) is 47.6 Å². The fraction of sp³-hybridized carbons (Fsp3) is 0.235. The molecule has 0 unspecified atom stereocenters. The van der Waals surface area contributed by atoms with Crippen molar-refractivity contribution >= 4 is 22.1 Å². The zero-order valence-electron chi connectivity index (χ0n) is 12.2. The van der Waals surface area contributed by atoms with Crippen molar-refractivity contribution in [1.29, 1.82) is 0 Å². The van der Waals surface area contributed by atoms with Crippen molar-refractivity contribution in [3.63, 3.8) is 0 Å². The van der Waals surface area contributed by atoms with Crippen molar-refractivity contribution in [2.24, 2.45) is 0 Å². The summed E-state index contributed by atoms with van der Waals surface area (Å²) in [5.41, 5.74) is 1.09. The van der Waals surface area contributed by atoms with Gasteiger partial charge in [0.25, 0.3) is 0 Å². The van der Waals surface area contributed by atoms with Crippen molar-refractivity contribution in [2.75, 3.05) is 13.7 Å². The van der Waals surface area contributed by atoms with Crippen LogP contribution in [-0.4, -0.2) is 18.6 Å². The number of thiazole rings is 1. The van der Waals surface area contributed by atoms with Gasteiger partial charge < -0.3 is 10.1 Å². The minimum absolute atomic E-state index is 0.862. The first-order valence-corrected chi connectivity index (χ1v) is 7.86. The van der Waals surface area contributed by atoms with E-state index >= 15 is 0 Å². The molecule has 0 amide bonds. The molecule has 3 aromatic rings. The largest absolute Gasteiger partial charge is 0.496 e. The van der Waals surface area contributed by atoms with Crippen LogP contribution in [0.3, 0.4) is 0 Å². The Kier molecular flexibility index (Phi) is 4.18. The summed E-state index contributed by atoms with van der Waals surface area (Å²) in [6, 6.07) is 12.5. The summed E-state index contributed by atoms with van der Waals surface area (Å²) in [4.78, 5) is 5.83. The molecular formula is C17H18N2OS. The maximum atomic E-state index is 5.55. The molecular weight excluding hydrogens is 280 g/mol. The number of fused-ring (bicyclic) bond motifs is 1. The molecule has 3 nitrogen and oxygen atoms in total. The molecule has 108 valence electrons. The topological polar surface area (TPSA) is 34.2 Å². The van der Waals surface area contributed by atoms with Crippen LogP contribution in [0.15, 0.2) is 42.6 Å². The predicted octanol–water partition coefficient (Wildman–Crippen LogP) is 4.08. The summed E-state index contributed by atoms with van der Waals surface area (Å²) in [6.07, 6.45) is 1.95. The van der Waals surface area contributed by atoms with Gasteiger partial charge in [-0.3, -0.25) is 0 Å². The van der Waals surface area contributed by atoms with Crippen LogP contribution in [0, 0.1) is 0 Å². The molecule has 0 saturated carbocycles. The second-order valence-corrected chi connectivity index (χ2v) is 5.89. The monoisotopic (exact) mass is 298 g/mol. The Morgan fingerprint density at radius 3 is 2.86 bits per heavy atom. The maximum absolute atomic E-state index is 5.55. The molecule has 4 heteroatoms. The van der Waals surface area contributed by atoms with Crippen LogP contribution >= 0.6 is 11.3 Å². The van der Waals surface area contributed by atoms with Gasteiger partial charge in [-0.2, -0.15) is 0 Å². The van der Waals surface area contributed by atoms with E-state index in [4.69, 9.17) is 4.74 Å². The molecule has 0 aliphatic heterocycles. The van der Waals surface area contributed by atoms with Crippen molar-refractivity contribution in [1.82, 2.24) is 10.3 Å². The Balaban J connectivity index is 2.11. The van der Waals surface area contributed by atoms with E-state index in [0.29, 0.717) is 0 Å². The number of aromatic nitrogens is 1. The highest BCUT2D eigenvalue weighted by molar-refractivity contribution is 7.15. The van der Waals surface area contributed by atoms with Crippen molar-refractivity contribution in [2.45, 2.75) is 13.5 Å². The zero-order chi connectivity index (χ0) is 14.7. The number of ether oxygens (including phenoxy) is 1. The molecule has 2 aromatic carbocycles. The van der Waals surface area contributed by atoms with Gasteiger partial charge in [0.05, 0.1) is 12.7 Å². The van der Waals surface area contributed by atoms with Gasteiger partial charge in [0.1, 0.15) is 10.8 Å². The highest BCUT2D eigenvalue weighted by Gasteiger charge is 2.14. The molecule has 0 bridgehead atoms. The Labute approximate surface area is 128 Å². The standard InChI is InChI=1S/C17H18N2OS/c1-3-18-10-13-11-19-17(21-13)16-14-7-5-4-6-12(14)8-9-15(16)20-2/h4-9,11,18H,3,10H2,1-2H3. The van der Waals surface area contributed by atoms with Gasteiger partial charge in [0, 0.05) is 17.6 Å². The van der Waals surface area contributed by atoms with Crippen LogP contribution in [-0.2, 0) is 6.54 Å². The lowest BCUT2D eigenvalue weighted by Gasteiger charge is -2.09. The first-order valence-electron chi connectivity index (χ1n) is 7.05. The molecule has 0 fully saturated rings. The number of hydrogen-bond donors (Lipinski definition) is 1. The lowest BCUT2D eigenvalue weighted by molar-refractivity contribution is 0.417. The molecule has 1 aromatic heterocycles. The number of benzene rings is 2. The molecule has 0 atom stereocenters. The van der Waals surface area contributed by atoms with E-state index < -0.39 is 0 Å². The Hall–Kier alpha value is -1.91. The van der Waals surface area contributed by atoms with E-state index in [0.717, 1.165) is 29.4 Å². The van der Waals surface area contributed by atoms with Crippen LogP contribution in [0.1, 0.15) is 11.8 Å². The summed E-state index contributed by atoms with van der Waals surface area (Å²) in [6.45, 7) is 3.93.